The fraction of sp³-hybridized carbons (Fsp3) is 0.526. The first-order valence-corrected chi connectivity index (χ1v) is 9.57. The van der Waals surface area contributed by atoms with E-state index in [-0.39, 0.29) is 65.4 Å². The molecule has 10 nitrogen and oxygen atoms in total. The first-order valence-electron chi connectivity index (χ1n) is 9.57. The molecule has 0 bridgehead atoms. The van der Waals surface area contributed by atoms with Crippen LogP contribution >= 0.6 is 0 Å². The fourth-order valence-corrected chi connectivity index (χ4v) is 3.65. The van der Waals surface area contributed by atoms with Crippen LogP contribution in [0.3, 0.4) is 0 Å². The van der Waals surface area contributed by atoms with E-state index >= 15 is 0 Å². The summed E-state index contributed by atoms with van der Waals surface area (Å²) in [7, 11) is 1.54. The van der Waals surface area contributed by atoms with Crippen molar-refractivity contribution in [2.24, 2.45) is 0 Å². The largest absolute Gasteiger partial charge is 0.383 e. The molecule has 0 unspecified atom stereocenters. The van der Waals surface area contributed by atoms with Gasteiger partial charge >= 0.3 is 0 Å². The molecule has 1 N–H and O–H groups in total. The average molecular weight is 401 g/mol. The van der Waals surface area contributed by atoms with Gasteiger partial charge in [0.05, 0.1) is 31.3 Å². The predicted molar refractivity (Wildman–Crippen MR) is 102 cm³/mol. The van der Waals surface area contributed by atoms with Gasteiger partial charge in [0.15, 0.2) is 5.69 Å². The third-order valence-electron chi connectivity index (χ3n) is 5.23. The number of nitrogens with zero attached hydrogens (tertiary/aromatic N) is 4. The molecule has 1 saturated carbocycles. The summed E-state index contributed by atoms with van der Waals surface area (Å²) < 4.78 is 7.73. The molecule has 0 aromatic carbocycles. The molecule has 2 aromatic rings. The van der Waals surface area contributed by atoms with E-state index < -0.39 is 5.56 Å². The summed E-state index contributed by atoms with van der Waals surface area (Å²) in [6.07, 6.45) is 1.85. The molecule has 2 aromatic heterocycles. The van der Waals surface area contributed by atoms with Gasteiger partial charge < -0.3 is 19.5 Å². The Kier molecular flexibility index (Phi) is 4.73. The average Bonchev–Trinajstić information content (AvgIpc) is 3.24. The van der Waals surface area contributed by atoms with Crippen LogP contribution in [0.25, 0.3) is 5.65 Å². The maximum atomic E-state index is 13.1. The van der Waals surface area contributed by atoms with Gasteiger partial charge in [-0.25, -0.2) is 0 Å². The molecule has 154 valence electrons. The van der Waals surface area contributed by atoms with E-state index in [1.807, 2.05) is 6.92 Å². The molecule has 2 aliphatic rings. The van der Waals surface area contributed by atoms with Crippen LogP contribution < -0.4 is 10.9 Å². The van der Waals surface area contributed by atoms with Crippen molar-refractivity contribution in [3.63, 3.8) is 0 Å². The van der Waals surface area contributed by atoms with Crippen molar-refractivity contribution in [1.82, 2.24) is 24.4 Å². The van der Waals surface area contributed by atoms with Crippen LogP contribution in [-0.2, 0) is 22.6 Å². The highest BCUT2D eigenvalue weighted by Crippen LogP contribution is 2.25. The molecule has 29 heavy (non-hydrogen) atoms. The number of aromatic nitrogens is 3. The third-order valence-corrected chi connectivity index (χ3v) is 5.23. The summed E-state index contributed by atoms with van der Waals surface area (Å²) in [6, 6.07) is 1.36. The molecule has 1 aliphatic carbocycles. The van der Waals surface area contributed by atoms with Gasteiger partial charge in [-0.05, 0) is 26.7 Å². The summed E-state index contributed by atoms with van der Waals surface area (Å²) in [5.74, 6) is -0.887. The lowest BCUT2D eigenvalue weighted by molar-refractivity contribution is -0.117. The molecule has 3 heterocycles. The van der Waals surface area contributed by atoms with E-state index in [0.717, 1.165) is 17.4 Å². The zero-order valence-electron chi connectivity index (χ0n) is 16.6. The number of hydrogen-bond donors (Lipinski definition) is 1. The molecule has 1 atom stereocenters. The van der Waals surface area contributed by atoms with Gasteiger partial charge in [-0.1, -0.05) is 0 Å². The second kappa shape index (κ2) is 7.11. The number of methoxy groups -OCH3 is 1. The molecule has 0 spiro atoms. The molecule has 2 amide bonds. The summed E-state index contributed by atoms with van der Waals surface area (Å²) in [5, 5.41) is 7.01. The van der Waals surface area contributed by atoms with Gasteiger partial charge in [0.2, 0.25) is 0 Å². The van der Waals surface area contributed by atoms with Crippen molar-refractivity contribution in [3.8, 4) is 0 Å². The van der Waals surface area contributed by atoms with Crippen LogP contribution in [0, 0.1) is 0 Å². The summed E-state index contributed by atoms with van der Waals surface area (Å²) in [5.41, 5.74) is 0.325. The molecule has 0 radical (unpaired) electrons. The monoisotopic (exact) mass is 401 g/mol. The van der Waals surface area contributed by atoms with E-state index in [2.05, 4.69) is 10.4 Å². The maximum absolute atomic E-state index is 13.1. The van der Waals surface area contributed by atoms with Crippen LogP contribution in [0.15, 0.2) is 10.9 Å². The van der Waals surface area contributed by atoms with Crippen molar-refractivity contribution >= 4 is 23.2 Å². The van der Waals surface area contributed by atoms with Crippen molar-refractivity contribution in [3.05, 3.63) is 33.4 Å². The number of Topliss-reactive ketones (excluding diaryl/α,β-unsaturated/α-hetero) is 1. The number of carbonyl (C=O) groups excluding carboxylic acids is 3. The van der Waals surface area contributed by atoms with Gasteiger partial charge in [0.25, 0.3) is 17.4 Å². The molecule has 4 rings (SSSR count). The van der Waals surface area contributed by atoms with Gasteiger partial charge in [0, 0.05) is 19.2 Å². The van der Waals surface area contributed by atoms with Crippen molar-refractivity contribution in [2.45, 2.75) is 51.9 Å². The Balaban J connectivity index is 1.84. The molecule has 10 heteroatoms. The number of nitrogens with one attached hydrogen (secondary N) is 1. The quantitative estimate of drug-likeness (QED) is 0.697. The van der Waals surface area contributed by atoms with Crippen molar-refractivity contribution in [2.75, 3.05) is 13.7 Å². The van der Waals surface area contributed by atoms with Crippen molar-refractivity contribution in [1.29, 1.82) is 0 Å². The highest BCUT2D eigenvalue weighted by atomic mass is 16.5. The van der Waals surface area contributed by atoms with Gasteiger partial charge in [0.1, 0.15) is 17.1 Å². The zero-order chi connectivity index (χ0) is 20.9. The molecule has 1 fully saturated rings. The minimum absolute atomic E-state index is 0.0898. The zero-order valence-corrected chi connectivity index (χ0v) is 16.6. The van der Waals surface area contributed by atoms with E-state index in [0.29, 0.717) is 6.61 Å². The van der Waals surface area contributed by atoms with Crippen LogP contribution in [0.2, 0.25) is 0 Å². The summed E-state index contributed by atoms with van der Waals surface area (Å²) in [6.45, 7) is 3.57. The lowest BCUT2D eigenvalue weighted by atomic mass is 10.2. The van der Waals surface area contributed by atoms with E-state index in [1.165, 1.54) is 17.6 Å². The number of carbonyl (C=O) groups is 3. The van der Waals surface area contributed by atoms with Crippen LogP contribution in [0.4, 0.5) is 0 Å². The number of hydrogen-bond acceptors (Lipinski definition) is 6. The third kappa shape index (κ3) is 3.33. The number of rotatable bonds is 7. The highest BCUT2D eigenvalue weighted by Gasteiger charge is 2.37. The Morgan fingerprint density at radius 3 is 2.69 bits per heavy atom. The first-order chi connectivity index (χ1) is 13.8. The standard InChI is InChI=1S/C19H23N5O5/c1-10(9-29-3)22-8-13-16(19(22)28)23(7-11(2)25)15-6-14(21-24(15)18(13)27)17(26)20-12-4-5-12/h6,10,12H,4-5,7-9H2,1-3H3,(H,20,26)/t10-/m0/s1. The summed E-state index contributed by atoms with van der Waals surface area (Å²) >= 11 is 0. The number of fused-ring (bicyclic) bond motifs is 2. The van der Waals surface area contributed by atoms with Gasteiger partial charge in [-0.15, -0.1) is 0 Å². The Labute approximate surface area is 166 Å². The highest BCUT2D eigenvalue weighted by molar-refractivity contribution is 5.98. The van der Waals surface area contributed by atoms with Crippen LogP contribution in [0.1, 0.15) is 53.2 Å². The molecule has 0 saturated heterocycles. The van der Waals surface area contributed by atoms with E-state index in [4.69, 9.17) is 4.74 Å². The number of ether oxygens (including phenoxy) is 1. The molecule has 1 aliphatic heterocycles. The van der Waals surface area contributed by atoms with Gasteiger partial charge in [-0.3, -0.25) is 19.2 Å². The van der Waals surface area contributed by atoms with E-state index in [1.54, 1.807) is 12.0 Å². The van der Waals surface area contributed by atoms with E-state index in [9.17, 15) is 19.2 Å². The normalized spacial score (nSPS) is 16.9. The first kappa shape index (κ1) is 19.3. The van der Waals surface area contributed by atoms with Crippen molar-refractivity contribution < 1.29 is 19.1 Å². The maximum Gasteiger partial charge on any atom is 0.280 e. The number of ketones is 1. The fourth-order valence-electron chi connectivity index (χ4n) is 3.65. The lowest BCUT2D eigenvalue weighted by Crippen LogP contribution is -2.37. The second-order valence-electron chi connectivity index (χ2n) is 7.71. The predicted octanol–water partition coefficient (Wildman–Crippen LogP) is -0.0321. The second-order valence-corrected chi connectivity index (χ2v) is 7.71. The summed E-state index contributed by atoms with van der Waals surface area (Å²) in [4.78, 5) is 52.0. The smallest absolute Gasteiger partial charge is 0.280 e. The van der Waals surface area contributed by atoms with Crippen LogP contribution in [-0.4, -0.2) is 62.5 Å². The Bertz CT molecular complexity index is 1080. The topological polar surface area (TPSA) is 115 Å². The minimum atomic E-state index is -0.458. The Hall–Kier alpha value is -3.01. The van der Waals surface area contributed by atoms with Crippen LogP contribution in [0.5, 0.6) is 0 Å². The Morgan fingerprint density at radius 2 is 2.07 bits per heavy atom. The van der Waals surface area contributed by atoms with Gasteiger partial charge in [-0.2, -0.15) is 9.61 Å². The lowest BCUT2D eigenvalue weighted by Gasteiger charge is -2.23. The minimum Gasteiger partial charge on any atom is -0.383 e. The SMILES string of the molecule is COC[C@H](C)N1Cc2c(n(CC(C)=O)c3cc(C(=O)NC4CC4)nn3c2=O)C1=O. The Morgan fingerprint density at radius 1 is 1.34 bits per heavy atom. The number of amides is 2. The molecular weight excluding hydrogens is 378 g/mol. The molecular formula is C19H23N5O5.